The van der Waals surface area contributed by atoms with Crippen molar-refractivity contribution in [3.05, 3.63) is 0 Å². The third kappa shape index (κ3) is 3.78. The minimum Gasteiger partial charge on any atom is -0.341 e. The number of hydrogen-bond acceptors (Lipinski definition) is 2. The Balaban J connectivity index is 2.76. The van der Waals surface area contributed by atoms with Crippen molar-refractivity contribution in [3.8, 4) is 0 Å². The molecule has 1 fully saturated rings. The molecule has 1 saturated heterocycles. The second-order valence-electron chi connectivity index (χ2n) is 6.24. The predicted octanol–water partition coefficient (Wildman–Crippen LogP) is 2.17. The van der Waals surface area contributed by atoms with Gasteiger partial charge in [-0.3, -0.25) is 4.79 Å². The maximum atomic E-state index is 12.1. The molecule has 16 heavy (non-hydrogen) atoms. The molecule has 0 aromatic rings. The molecule has 1 heterocycles. The van der Waals surface area contributed by atoms with Crippen LogP contribution in [0.15, 0.2) is 0 Å². The summed E-state index contributed by atoms with van der Waals surface area (Å²) in [7, 11) is 0. The van der Waals surface area contributed by atoms with Gasteiger partial charge >= 0.3 is 0 Å². The fourth-order valence-corrected chi connectivity index (χ4v) is 2.61. The van der Waals surface area contributed by atoms with Gasteiger partial charge in [0.15, 0.2) is 0 Å². The number of rotatable bonds is 3. The second kappa shape index (κ2) is 4.74. The van der Waals surface area contributed by atoms with Crippen LogP contribution in [-0.4, -0.2) is 35.0 Å². The Bertz CT molecular complexity index is 259. The first kappa shape index (κ1) is 13.5. The third-order valence-electron chi connectivity index (χ3n) is 2.99. The minimum atomic E-state index is -0.0957. The average Bonchev–Trinajstić information content (AvgIpc) is 2.15. The zero-order valence-corrected chi connectivity index (χ0v) is 11.4. The maximum absolute atomic E-state index is 12.1. The van der Waals surface area contributed by atoms with E-state index in [1.54, 1.807) is 0 Å². The van der Waals surface area contributed by atoms with Crippen molar-refractivity contribution < 1.29 is 4.79 Å². The Labute approximate surface area is 99.6 Å². The molecule has 0 radical (unpaired) electrons. The number of hydrogen-bond donors (Lipinski definition) is 1. The molecular weight excluding hydrogens is 200 g/mol. The predicted molar refractivity (Wildman–Crippen MR) is 67.4 cm³/mol. The third-order valence-corrected chi connectivity index (χ3v) is 2.99. The highest BCUT2D eigenvalue weighted by molar-refractivity contribution is 5.78. The van der Waals surface area contributed by atoms with E-state index in [-0.39, 0.29) is 17.0 Å². The Kier molecular flexibility index (Phi) is 4.00. The summed E-state index contributed by atoms with van der Waals surface area (Å²) < 4.78 is 0. The van der Waals surface area contributed by atoms with Crippen molar-refractivity contribution >= 4 is 5.91 Å². The number of amides is 1. The fourth-order valence-electron chi connectivity index (χ4n) is 2.61. The van der Waals surface area contributed by atoms with E-state index in [1.165, 1.54) is 0 Å². The van der Waals surface area contributed by atoms with Gasteiger partial charge in [-0.25, -0.2) is 0 Å². The smallest absolute Gasteiger partial charge is 0.224 e. The number of carbonyl (C=O) groups excluding carboxylic acids is 1. The van der Waals surface area contributed by atoms with Crippen molar-refractivity contribution in [2.24, 2.45) is 0 Å². The molecule has 94 valence electrons. The molecule has 1 N–H and O–H groups in total. The average molecular weight is 226 g/mol. The van der Waals surface area contributed by atoms with E-state index in [1.807, 2.05) is 4.90 Å². The largest absolute Gasteiger partial charge is 0.341 e. The first-order valence-electron chi connectivity index (χ1n) is 6.33. The van der Waals surface area contributed by atoms with Crippen LogP contribution < -0.4 is 5.32 Å². The molecule has 3 nitrogen and oxygen atoms in total. The molecule has 1 amide bonds. The normalized spacial score (nSPS) is 24.3. The van der Waals surface area contributed by atoms with Crippen molar-refractivity contribution in [2.45, 2.75) is 65.0 Å². The Morgan fingerprint density at radius 3 is 2.44 bits per heavy atom. The first-order valence-corrected chi connectivity index (χ1v) is 6.33. The summed E-state index contributed by atoms with van der Waals surface area (Å²) in [5.74, 6) is 0.288. The van der Waals surface area contributed by atoms with Gasteiger partial charge in [-0.15, -0.1) is 0 Å². The van der Waals surface area contributed by atoms with Crippen molar-refractivity contribution in [1.29, 1.82) is 0 Å². The minimum absolute atomic E-state index is 0.00337. The van der Waals surface area contributed by atoms with E-state index in [0.29, 0.717) is 6.42 Å². The van der Waals surface area contributed by atoms with Crippen molar-refractivity contribution in [3.63, 3.8) is 0 Å². The van der Waals surface area contributed by atoms with E-state index in [9.17, 15) is 4.79 Å². The molecule has 1 rings (SSSR count). The van der Waals surface area contributed by atoms with Gasteiger partial charge in [-0.05, 0) is 34.1 Å². The zero-order chi connectivity index (χ0) is 12.4. The second-order valence-corrected chi connectivity index (χ2v) is 6.24. The standard InChI is InChI=1S/C13H26N2O/c1-6-7-8-15-10-13(4,5)14-12(2,3)9-11(15)16/h14H,6-10H2,1-5H3. The van der Waals surface area contributed by atoms with E-state index in [4.69, 9.17) is 0 Å². The molecule has 0 aromatic heterocycles. The summed E-state index contributed by atoms with van der Waals surface area (Å²) in [5, 5.41) is 3.57. The van der Waals surface area contributed by atoms with Crippen LogP contribution in [0, 0.1) is 0 Å². The van der Waals surface area contributed by atoms with Gasteiger partial charge in [0, 0.05) is 30.6 Å². The van der Waals surface area contributed by atoms with Gasteiger partial charge in [0.2, 0.25) is 5.91 Å². The molecular formula is C13H26N2O. The lowest BCUT2D eigenvalue weighted by atomic mass is 9.96. The molecule has 0 aliphatic carbocycles. The topological polar surface area (TPSA) is 32.3 Å². The number of nitrogens with one attached hydrogen (secondary N) is 1. The SMILES string of the molecule is CCCCN1CC(C)(C)NC(C)(C)CC1=O. The van der Waals surface area contributed by atoms with E-state index in [0.717, 1.165) is 25.9 Å². The Hall–Kier alpha value is -0.570. The molecule has 0 aromatic carbocycles. The summed E-state index contributed by atoms with van der Waals surface area (Å²) >= 11 is 0. The van der Waals surface area contributed by atoms with Crippen LogP contribution in [-0.2, 0) is 4.79 Å². The Morgan fingerprint density at radius 1 is 1.25 bits per heavy atom. The number of carbonyl (C=O) groups is 1. The summed E-state index contributed by atoms with van der Waals surface area (Å²) in [6.07, 6.45) is 2.84. The van der Waals surface area contributed by atoms with Gasteiger partial charge in [-0.1, -0.05) is 13.3 Å². The molecule has 0 unspecified atom stereocenters. The van der Waals surface area contributed by atoms with Gasteiger partial charge in [0.05, 0.1) is 0 Å². The molecule has 1 aliphatic rings. The van der Waals surface area contributed by atoms with Crippen LogP contribution in [0.1, 0.15) is 53.9 Å². The lowest BCUT2D eigenvalue weighted by molar-refractivity contribution is -0.131. The lowest BCUT2D eigenvalue weighted by Crippen LogP contribution is -2.53. The van der Waals surface area contributed by atoms with Crippen LogP contribution in [0.3, 0.4) is 0 Å². The number of unbranched alkanes of at least 4 members (excludes halogenated alkanes) is 1. The highest BCUT2D eigenvalue weighted by Crippen LogP contribution is 2.22. The van der Waals surface area contributed by atoms with Crippen LogP contribution in [0.2, 0.25) is 0 Å². The van der Waals surface area contributed by atoms with Gasteiger partial charge in [-0.2, -0.15) is 0 Å². The Morgan fingerprint density at radius 2 is 1.88 bits per heavy atom. The van der Waals surface area contributed by atoms with Crippen LogP contribution in [0.5, 0.6) is 0 Å². The van der Waals surface area contributed by atoms with Crippen molar-refractivity contribution in [1.82, 2.24) is 10.2 Å². The van der Waals surface area contributed by atoms with Gasteiger partial charge in [0.25, 0.3) is 0 Å². The summed E-state index contributed by atoms with van der Waals surface area (Å²) in [5.41, 5.74) is -0.0923. The molecule has 0 spiro atoms. The molecule has 0 atom stereocenters. The highest BCUT2D eigenvalue weighted by atomic mass is 16.2. The molecule has 0 bridgehead atoms. The zero-order valence-electron chi connectivity index (χ0n) is 11.4. The molecule has 0 saturated carbocycles. The highest BCUT2D eigenvalue weighted by Gasteiger charge is 2.36. The van der Waals surface area contributed by atoms with Gasteiger partial charge in [0.1, 0.15) is 0 Å². The molecule has 1 aliphatic heterocycles. The van der Waals surface area contributed by atoms with E-state index >= 15 is 0 Å². The lowest BCUT2D eigenvalue weighted by Gasteiger charge is -2.34. The van der Waals surface area contributed by atoms with Crippen molar-refractivity contribution in [2.75, 3.05) is 13.1 Å². The van der Waals surface area contributed by atoms with Crippen LogP contribution in [0.25, 0.3) is 0 Å². The fraction of sp³-hybridized carbons (Fsp3) is 0.923. The summed E-state index contributed by atoms with van der Waals surface area (Å²) in [6, 6.07) is 0. The maximum Gasteiger partial charge on any atom is 0.224 e. The van der Waals surface area contributed by atoms with Crippen LogP contribution >= 0.6 is 0 Å². The summed E-state index contributed by atoms with van der Waals surface area (Å²) in [6.45, 7) is 12.4. The van der Waals surface area contributed by atoms with E-state index < -0.39 is 0 Å². The summed E-state index contributed by atoms with van der Waals surface area (Å²) in [4.78, 5) is 14.1. The van der Waals surface area contributed by atoms with Crippen LogP contribution in [0.4, 0.5) is 0 Å². The van der Waals surface area contributed by atoms with E-state index in [2.05, 4.69) is 39.9 Å². The molecule has 3 heteroatoms. The number of nitrogens with zero attached hydrogens (tertiary/aromatic N) is 1. The quantitative estimate of drug-likeness (QED) is 0.800. The first-order chi connectivity index (χ1) is 7.26. The van der Waals surface area contributed by atoms with Gasteiger partial charge < -0.3 is 10.2 Å². The monoisotopic (exact) mass is 226 g/mol.